The fourth-order valence-corrected chi connectivity index (χ4v) is 2.11. The summed E-state index contributed by atoms with van der Waals surface area (Å²) >= 11 is 1.53. The van der Waals surface area contributed by atoms with Gasteiger partial charge in [-0.1, -0.05) is 23.9 Å². The molecule has 0 fully saturated rings. The molecule has 5 heteroatoms. The minimum atomic E-state index is 0.450. The van der Waals surface area contributed by atoms with Crippen LogP contribution in [0.4, 0.5) is 5.82 Å². The quantitative estimate of drug-likeness (QED) is 0.835. The molecule has 0 aliphatic rings. The van der Waals surface area contributed by atoms with Gasteiger partial charge in [-0.2, -0.15) is 5.26 Å². The molecule has 0 aliphatic heterocycles. The molecule has 0 radical (unpaired) electrons. The molecule has 2 N–H and O–H groups in total. The molecule has 0 saturated heterocycles. The summed E-state index contributed by atoms with van der Waals surface area (Å²) in [6.45, 7) is 0. The standard InChI is InChI=1S/C12H10N4S/c13-7-9-1-3-10(4-2-9)8-17-12-11(14)15-5-6-16-12/h1-6H,8H2,(H2,14,15). The molecule has 0 aliphatic carbocycles. The molecule has 1 aromatic heterocycles. The highest BCUT2D eigenvalue weighted by atomic mass is 32.2. The van der Waals surface area contributed by atoms with Crippen LogP contribution in [0, 0.1) is 11.3 Å². The number of aromatic nitrogens is 2. The van der Waals surface area contributed by atoms with Crippen LogP contribution in [0.3, 0.4) is 0 Å². The average molecular weight is 242 g/mol. The summed E-state index contributed by atoms with van der Waals surface area (Å²) in [4.78, 5) is 8.12. The van der Waals surface area contributed by atoms with E-state index in [9.17, 15) is 0 Å². The Balaban J connectivity index is 2.03. The van der Waals surface area contributed by atoms with Gasteiger partial charge in [0.15, 0.2) is 5.82 Å². The molecule has 0 spiro atoms. The van der Waals surface area contributed by atoms with E-state index in [0.29, 0.717) is 11.4 Å². The largest absolute Gasteiger partial charge is 0.381 e. The van der Waals surface area contributed by atoms with E-state index in [1.807, 2.05) is 12.1 Å². The van der Waals surface area contributed by atoms with Gasteiger partial charge < -0.3 is 5.73 Å². The molecule has 2 aromatic rings. The Labute approximate surface area is 104 Å². The van der Waals surface area contributed by atoms with Crippen LogP contribution in [0.25, 0.3) is 0 Å². The zero-order valence-corrected chi connectivity index (χ0v) is 9.81. The second-order valence-corrected chi connectivity index (χ2v) is 4.31. The van der Waals surface area contributed by atoms with Crippen LogP contribution in [0.15, 0.2) is 41.7 Å². The molecular formula is C12H10N4S. The van der Waals surface area contributed by atoms with Crippen molar-refractivity contribution >= 4 is 17.6 Å². The third-order valence-corrected chi connectivity index (χ3v) is 3.22. The fraction of sp³-hybridized carbons (Fsp3) is 0.0833. The minimum absolute atomic E-state index is 0.450. The van der Waals surface area contributed by atoms with Crippen molar-refractivity contribution in [3.05, 3.63) is 47.8 Å². The Bertz CT molecular complexity index is 545. The third kappa shape index (κ3) is 2.95. The maximum Gasteiger partial charge on any atom is 0.156 e. The van der Waals surface area contributed by atoms with Crippen molar-refractivity contribution in [2.75, 3.05) is 5.73 Å². The summed E-state index contributed by atoms with van der Waals surface area (Å²) < 4.78 is 0. The Morgan fingerprint density at radius 2 is 1.88 bits per heavy atom. The van der Waals surface area contributed by atoms with Crippen molar-refractivity contribution in [1.82, 2.24) is 9.97 Å². The molecule has 84 valence electrons. The Morgan fingerprint density at radius 1 is 1.18 bits per heavy atom. The molecule has 1 heterocycles. The van der Waals surface area contributed by atoms with E-state index < -0.39 is 0 Å². The number of hydrogen-bond acceptors (Lipinski definition) is 5. The first-order valence-electron chi connectivity index (χ1n) is 4.98. The molecule has 0 unspecified atom stereocenters. The smallest absolute Gasteiger partial charge is 0.156 e. The lowest BCUT2D eigenvalue weighted by atomic mass is 10.2. The van der Waals surface area contributed by atoms with Gasteiger partial charge >= 0.3 is 0 Å². The van der Waals surface area contributed by atoms with Gasteiger partial charge in [0.2, 0.25) is 0 Å². The van der Waals surface area contributed by atoms with E-state index in [1.165, 1.54) is 11.8 Å². The summed E-state index contributed by atoms with van der Waals surface area (Å²) in [6, 6.07) is 9.55. The normalized spacial score (nSPS) is 9.82. The molecule has 0 bridgehead atoms. The summed E-state index contributed by atoms with van der Waals surface area (Å²) in [5, 5.41) is 9.42. The number of nitrogen functional groups attached to an aromatic ring is 1. The van der Waals surface area contributed by atoms with Gasteiger partial charge in [-0.05, 0) is 17.7 Å². The van der Waals surface area contributed by atoms with Crippen molar-refractivity contribution in [3.8, 4) is 6.07 Å². The highest BCUT2D eigenvalue weighted by molar-refractivity contribution is 7.98. The molecule has 4 nitrogen and oxygen atoms in total. The molecule has 2 rings (SSSR count). The number of nitrogens with zero attached hydrogens (tertiary/aromatic N) is 3. The Kier molecular flexibility index (Phi) is 3.58. The summed E-state index contributed by atoms with van der Waals surface area (Å²) in [5.74, 6) is 1.21. The lowest BCUT2D eigenvalue weighted by molar-refractivity contribution is 1.07. The SMILES string of the molecule is N#Cc1ccc(CSc2nccnc2N)cc1. The minimum Gasteiger partial charge on any atom is -0.381 e. The number of anilines is 1. The van der Waals surface area contributed by atoms with Crippen molar-refractivity contribution in [1.29, 1.82) is 5.26 Å². The van der Waals surface area contributed by atoms with Crippen LogP contribution in [0.5, 0.6) is 0 Å². The van der Waals surface area contributed by atoms with Crippen LogP contribution in [0.2, 0.25) is 0 Å². The average Bonchev–Trinajstić information content (AvgIpc) is 2.38. The van der Waals surface area contributed by atoms with Crippen LogP contribution < -0.4 is 5.73 Å². The fourth-order valence-electron chi connectivity index (χ4n) is 1.27. The van der Waals surface area contributed by atoms with Gasteiger partial charge in [-0.25, -0.2) is 9.97 Å². The van der Waals surface area contributed by atoms with Crippen molar-refractivity contribution in [2.45, 2.75) is 10.8 Å². The lowest BCUT2D eigenvalue weighted by Gasteiger charge is -2.03. The van der Waals surface area contributed by atoms with Gasteiger partial charge in [0.1, 0.15) is 5.03 Å². The zero-order valence-electron chi connectivity index (χ0n) is 9.00. The number of nitrogens with two attached hydrogens (primary N) is 1. The highest BCUT2D eigenvalue weighted by Gasteiger charge is 2.02. The van der Waals surface area contributed by atoms with Crippen molar-refractivity contribution in [2.24, 2.45) is 0 Å². The number of hydrogen-bond donors (Lipinski definition) is 1. The molecule has 17 heavy (non-hydrogen) atoms. The predicted octanol–water partition coefficient (Wildman–Crippen LogP) is 2.22. The number of nitriles is 1. The number of rotatable bonds is 3. The van der Waals surface area contributed by atoms with E-state index in [-0.39, 0.29) is 0 Å². The van der Waals surface area contributed by atoms with Crippen molar-refractivity contribution in [3.63, 3.8) is 0 Å². The number of thioether (sulfide) groups is 1. The first kappa shape index (κ1) is 11.4. The first-order chi connectivity index (χ1) is 8.29. The molecule has 0 atom stereocenters. The lowest BCUT2D eigenvalue weighted by Crippen LogP contribution is -1.94. The summed E-state index contributed by atoms with van der Waals surface area (Å²) in [6.07, 6.45) is 3.19. The Morgan fingerprint density at radius 3 is 2.53 bits per heavy atom. The van der Waals surface area contributed by atoms with Crippen LogP contribution >= 0.6 is 11.8 Å². The zero-order chi connectivity index (χ0) is 12.1. The molecular weight excluding hydrogens is 232 g/mol. The van der Waals surface area contributed by atoms with Crippen LogP contribution in [-0.2, 0) is 5.75 Å². The van der Waals surface area contributed by atoms with E-state index in [1.54, 1.807) is 24.5 Å². The third-order valence-electron chi connectivity index (χ3n) is 2.15. The molecule has 1 aromatic carbocycles. The van der Waals surface area contributed by atoms with E-state index in [2.05, 4.69) is 16.0 Å². The summed E-state index contributed by atoms with van der Waals surface area (Å²) in [5.41, 5.74) is 7.48. The van der Waals surface area contributed by atoms with Gasteiger partial charge in [0, 0.05) is 18.1 Å². The van der Waals surface area contributed by atoms with Gasteiger partial charge in [0.05, 0.1) is 11.6 Å². The van der Waals surface area contributed by atoms with E-state index in [0.717, 1.165) is 16.3 Å². The molecule has 0 saturated carbocycles. The number of benzene rings is 1. The Hall–Kier alpha value is -2.06. The van der Waals surface area contributed by atoms with E-state index >= 15 is 0 Å². The maximum absolute atomic E-state index is 8.68. The second-order valence-electron chi connectivity index (χ2n) is 3.34. The molecule has 0 amide bonds. The monoisotopic (exact) mass is 242 g/mol. The summed E-state index contributed by atoms with van der Waals surface area (Å²) in [7, 11) is 0. The van der Waals surface area contributed by atoms with Gasteiger partial charge in [-0.15, -0.1) is 0 Å². The van der Waals surface area contributed by atoms with Crippen molar-refractivity contribution < 1.29 is 0 Å². The highest BCUT2D eigenvalue weighted by Crippen LogP contribution is 2.24. The maximum atomic E-state index is 8.68. The van der Waals surface area contributed by atoms with Gasteiger partial charge in [0.25, 0.3) is 0 Å². The first-order valence-corrected chi connectivity index (χ1v) is 5.96. The second kappa shape index (κ2) is 5.32. The predicted molar refractivity (Wildman–Crippen MR) is 67.2 cm³/mol. The van der Waals surface area contributed by atoms with Gasteiger partial charge in [-0.3, -0.25) is 0 Å². The topological polar surface area (TPSA) is 75.6 Å². The van der Waals surface area contributed by atoms with Crippen LogP contribution in [-0.4, -0.2) is 9.97 Å². The van der Waals surface area contributed by atoms with E-state index in [4.69, 9.17) is 11.0 Å². The van der Waals surface area contributed by atoms with Crippen LogP contribution in [0.1, 0.15) is 11.1 Å².